The molecule has 0 spiro atoms. The fourth-order valence-electron chi connectivity index (χ4n) is 2.26. The molecule has 0 fully saturated rings. The molecule has 0 saturated heterocycles. The van der Waals surface area contributed by atoms with E-state index >= 15 is 0 Å². The van der Waals surface area contributed by atoms with Crippen LogP contribution >= 0.6 is 11.8 Å². The van der Waals surface area contributed by atoms with Crippen LogP contribution in [0, 0.1) is 0 Å². The van der Waals surface area contributed by atoms with E-state index in [1.54, 1.807) is 12.1 Å². The first-order chi connectivity index (χ1) is 15.1. The average molecular weight is 528 g/mol. The zero-order chi connectivity index (χ0) is 24.1. The Labute approximate surface area is 195 Å². The molecule has 3 amide bonds. The third kappa shape index (κ3) is 11.1. The van der Waals surface area contributed by atoms with Gasteiger partial charge in [-0.05, 0) is 6.42 Å². The number of carboxylic acid groups (broad SMARTS) is 2. The van der Waals surface area contributed by atoms with Gasteiger partial charge in [-0.15, -0.1) is 0 Å². The Hall–Kier alpha value is -2.69. The normalized spacial score (nSPS) is 12.4. The summed E-state index contributed by atoms with van der Waals surface area (Å²) in [7, 11) is 0. The van der Waals surface area contributed by atoms with Crippen LogP contribution in [0.3, 0.4) is 0 Å². The third-order valence-electron chi connectivity index (χ3n) is 3.92. The second kappa shape index (κ2) is 14.4. The van der Waals surface area contributed by atoms with Gasteiger partial charge in [0.25, 0.3) is 0 Å². The van der Waals surface area contributed by atoms with E-state index in [-0.39, 0.29) is 45.6 Å². The summed E-state index contributed by atoms with van der Waals surface area (Å²) in [4.78, 5) is 57.8. The number of benzene rings is 1. The van der Waals surface area contributed by atoms with Gasteiger partial charge < -0.3 is 15.9 Å². The van der Waals surface area contributed by atoms with E-state index in [2.05, 4.69) is 21.3 Å². The zero-order valence-corrected chi connectivity index (χ0v) is 19.8. The molecule has 0 saturated carbocycles. The van der Waals surface area contributed by atoms with Crippen LogP contribution in [0.5, 0.6) is 0 Å². The molecule has 0 heterocycles. The van der Waals surface area contributed by atoms with Gasteiger partial charge in [0.1, 0.15) is 12.6 Å². The molecule has 2 atom stereocenters. The third-order valence-corrected chi connectivity index (χ3v) is 6.34. The first-order valence-electron chi connectivity index (χ1n) is 9.34. The van der Waals surface area contributed by atoms with E-state index in [0.29, 0.717) is 5.69 Å². The standard InChI is InChI=1S/C19H25AsN4O7S/c1-20-11-2-4-12(5-3-11)23-16(26)10-32-9-14(18(29)22-8-17(27)28)24-15(25)7-6-13(21)19(30)31/h2-5,13-14H,1,6-10,21H2,(H,22,29)(H,23,26)(H,24,25)(H,27,28)(H,30,31). The fraction of sp³-hybridized carbons (Fsp3) is 0.368. The summed E-state index contributed by atoms with van der Waals surface area (Å²) in [6, 6.07) is 4.96. The number of aliphatic carboxylic acids is 2. The summed E-state index contributed by atoms with van der Waals surface area (Å²) in [6.07, 6.45) is -0.360. The zero-order valence-electron chi connectivity index (χ0n) is 17.1. The molecule has 1 aromatic carbocycles. The molecule has 7 N–H and O–H groups in total. The van der Waals surface area contributed by atoms with Crippen LogP contribution in [0.1, 0.15) is 12.8 Å². The van der Waals surface area contributed by atoms with Gasteiger partial charge in [-0.1, -0.05) is 0 Å². The summed E-state index contributed by atoms with van der Waals surface area (Å²) in [5.41, 5.74) is 5.97. The van der Waals surface area contributed by atoms with Gasteiger partial charge in [0.15, 0.2) is 0 Å². The summed E-state index contributed by atoms with van der Waals surface area (Å²) in [6.45, 7) is -0.633. The number of nitrogens with one attached hydrogen (secondary N) is 3. The van der Waals surface area contributed by atoms with E-state index in [4.69, 9.17) is 15.9 Å². The number of anilines is 1. The minimum atomic E-state index is -1.26. The van der Waals surface area contributed by atoms with Crippen LogP contribution < -0.4 is 26.0 Å². The predicted molar refractivity (Wildman–Crippen MR) is 122 cm³/mol. The molecule has 11 nitrogen and oxygen atoms in total. The monoisotopic (exact) mass is 528 g/mol. The molecule has 32 heavy (non-hydrogen) atoms. The molecule has 1 rings (SSSR count). The molecule has 0 aliphatic carbocycles. The molecular formula is C19H25AsN4O7S. The van der Waals surface area contributed by atoms with Gasteiger partial charge in [-0.2, -0.15) is 0 Å². The number of nitrogens with two attached hydrogens (primary N) is 1. The van der Waals surface area contributed by atoms with E-state index in [1.165, 1.54) is 0 Å². The van der Waals surface area contributed by atoms with Crippen molar-refractivity contribution in [3.05, 3.63) is 24.3 Å². The number of carbonyl (C=O) groups is 5. The van der Waals surface area contributed by atoms with Gasteiger partial charge in [0.05, 0.1) is 0 Å². The quantitative estimate of drug-likeness (QED) is 0.148. The topological polar surface area (TPSA) is 188 Å². The number of amides is 3. The Balaban J connectivity index is 2.59. The number of hydrogen-bond acceptors (Lipinski definition) is 7. The Morgan fingerprint density at radius 1 is 1.09 bits per heavy atom. The Morgan fingerprint density at radius 3 is 2.31 bits per heavy atom. The van der Waals surface area contributed by atoms with Crippen LogP contribution in [0.2, 0.25) is 0 Å². The number of thioether (sulfide) groups is 1. The van der Waals surface area contributed by atoms with Crippen LogP contribution in [-0.2, 0) is 24.0 Å². The Kier molecular flexibility index (Phi) is 12.3. The predicted octanol–water partition coefficient (Wildman–Crippen LogP) is -2.00. The van der Waals surface area contributed by atoms with Gasteiger partial charge in [-0.3, -0.25) is 14.4 Å². The molecule has 1 aromatic rings. The average Bonchev–Trinajstić information content (AvgIpc) is 2.75. The summed E-state index contributed by atoms with van der Waals surface area (Å²) in [5, 5.41) is 28.7. The molecule has 174 valence electrons. The molecule has 0 aliphatic rings. The van der Waals surface area contributed by atoms with E-state index < -0.39 is 42.4 Å². The molecule has 0 radical (unpaired) electrons. The van der Waals surface area contributed by atoms with Crippen molar-refractivity contribution in [2.24, 2.45) is 5.73 Å². The van der Waals surface area contributed by atoms with E-state index in [9.17, 15) is 24.0 Å². The van der Waals surface area contributed by atoms with Gasteiger partial charge in [0, 0.05) is 6.42 Å². The Morgan fingerprint density at radius 2 is 1.75 bits per heavy atom. The van der Waals surface area contributed by atoms with Crippen molar-refractivity contribution in [1.29, 1.82) is 0 Å². The summed E-state index contributed by atoms with van der Waals surface area (Å²) < 4.78 is 1.11. The molecule has 13 heteroatoms. The van der Waals surface area contributed by atoms with Crippen molar-refractivity contribution in [3.8, 4) is 0 Å². The summed E-state index contributed by atoms with van der Waals surface area (Å²) in [5.74, 6) is -4.18. The van der Waals surface area contributed by atoms with Crippen LogP contribution in [0.25, 0.3) is 0 Å². The van der Waals surface area contributed by atoms with Gasteiger partial charge >= 0.3 is 139 Å². The first-order valence-corrected chi connectivity index (χ1v) is 12.8. The molecule has 0 aliphatic heterocycles. The molecular weight excluding hydrogens is 503 g/mol. The van der Waals surface area contributed by atoms with Crippen molar-refractivity contribution < 1.29 is 34.2 Å². The van der Waals surface area contributed by atoms with Crippen LogP contribution in [0.15, 0.2) is 24.3 Å². The molecule has 0 bridgehead atoms. The van der Waals surface area contributed by atoms with E-state index in [0.717, 1.165) is 16.1 Å². The molecule has 0 aromatic heterocycles. The SMILES string of the molecule is C=[As]c1ccc(NC(=O)CSCC(NC(=O)CCC(N)C(=O)O)C(=O)NCC(=O)O)cc1. The second-order valence-corrected chi connectivity index (χ2v) is 9.26. The fourth-order valence-corrected chi connectivity index (χ4v) is 3.86. The molecule has 2 unspecified atom stereocenters. The minimum absolute atomic E-state index is 0.000180. The van der Waals surface area contributed by atoms with Crippen LogP contribution in [-0.4, -0.2) is 90.6 Å². The number of carboxylic acids is 2. The number of hydrogen-bond donors (Lipinski definition) is 6. The maximum absolute atomic E-state index is 12.2. The van der Waals surface area contributed by atoms with Crippen molar-refractivity contribution in [3.63, 3.8) is 0 Å². The number of rotatable bonds is 14. The van der Waals surface area contributed by atoms with Crippen molar-refractivity contribution in [2.75, 3.05) is 23.4 Å². The van der Waals surface area contributed by atoms with Gasteiger partial charge in [-0.25, -0.2) is 0 Å². The maximum atomic E-state index is 12.2. The van der Waals surface area contributed by atoms with Crippen molar-refractivity contribution in [2.45, 2.75) is 24.9 Å². The van der Waals surface area contributed by atoms with Crippen molar-refractivity contribution in [1.82, 2.24) is 10.6 Å². The van der Waals surface area contributed by atoms with Gasteiger partial charge in [0.2, 0.25) is 0 Å². The summed E-state index contributed by atoms with van der Waals surface area (Å²) >= 11 is 0.920. The van der Waals surface area contributed by atoms with Crippen LogP contribution in [0.4, 0.5) is 5.69 Å². The van der Waals surface area contributed by atoms with Crippen molar-refractivity contribution >= 4 is 72.1 Å². The first kappa shape index (κ1) is 27.3. The van der Waals surface area contributed by atoms with E-state index in [1.807, 2.05) is 12.1 Å². The number of carbonyl (C=O) groups excluding carboxylic acids is 3. The Bertz CT molecular complexity index is 851. The second-order valence-electron chi connectivity index (χ2n) is 6.48.